The van der Waals surface area contributed by atoms with Gasteiger partial charge in [-0.05, 0) is 37.3 Å². The summed E-state index contributed by atoms with van der Waals surface area (Å²) in [4.78, 5) is 0. The second-order valence-electron chi connectivity index (χ2n) is 5.04. The average molecular weight is 287 g/mol. The summed E-state index contributed by atoms with van der Waals surface area (Å²) < 4.78 is 10.5. The maximum atomic E-state index is 9.88. The van der Waals surface area contributed by atoms with Crippen molar-refractivity contribution in [2.24, 2.45) is 0 Å². The molecule has 21 heavy (non-hydrogen) atoms. The molecule has 112 valence electrons. The number of hydrogen-bond donors (Lipinski definition) is 2. The molecule has 0 radical (unpaired) electrons. The molecular weight excluding hydrogens is 266 g/mol. The molecule has 0 saturated heterocycles. The Morgan fingerprint density at radius 2 is 1.67 bits per heavy atom. The minimum Gasteiger partial charge on any atom is -0.497 e. The van der Waals surface area contributed by atoms with Gasteiger partial charge in [0.1, 0.15) is 11.5 Å². The molecule has 0 aliphatic rings. The number of rotatable bonds is 6. The third-order valence-corrected chi connectivity index (χ3v) is 3.53. The van der Waals surface area contributed by atoms with E-state index in [2.05, 4.69) is 5.32 Å². The Balaban J connectivity index is 2.31. The molecule has 0 fully saturated rings. The van der Waals surface area contributed by atoms with Gasteiger partial charge in [0.15, 0.2) is 0 Å². The lowest BCUT2D eigenvalue weighted by molar-refractivity contribution is 0.220. The highest BCUT2D eigenvalue weighted by Gasteiger charge is 2.28. The first-order valence-electron chi connectivity index (χ1n) is 6.79. The molecular formula is C17H21NO3. The minimum absolute atomic E-state index is 0.0561. The molecule has 2 aromatic carbocycles. The molecule has 0 aromatic heterocycles. The van der Waals surface area contributed by atoms with Gasteiger partial charge < -0.3 is 19.9 Å². The predicted octanol–water partition coefficient (Wildman–Crippen LogP) is 3.02. The van der Waals surface area contributed by atoms with Crippen LogP contribution in [0.15, 0.2) is 48.5 Å². The molecule has 0 spiro atoms. The molecule has 0 aliphatic heterocycles. The van der Waals surface area contributed by atoms with Crippen molar-refractivity contribution in [2.45, 2.75) is 12.5 Å². The third kappa shape index (κ3) is 3.28. The van der Waals surface area contributed by atoms with E-state index in [1.54, 1.807) is 14.2 Å². The summed E-state index contributed by atoms with van der Waals surface area (Å²) in [7, 11) is 3.26. The first kappa shape index (κ1) is 15.2. The maximum Gasteiger partial charge on any atom is 0.124 e. The van der Waals surface area contributed by atoms with Crippen molar-refractivity contribution in [1.29, 1.82) is 0 Å². The third-order valence-electron chi connectivity index (χ3n) is 3.53. The number of aliphatic hydroxyl groups is 1. The van der Waals surface area contributed by atoms with Gasteiger partial charge in [-0.3, -0.25) is 0 Å². The first-order chi connectivity index (χ1) is 10.1. The number of anilines is 1. The van der Waals surface area contributed by atoms with E-state index in [-0.39, 0.29) is 6.61 Å². The summed E-state index contributed by atoms with van der Waals surface area (Å²) in [6, 6.07) is 15.3. The Bertz CT molecular complexity index is 583. The van der Waals surface area contributed by atoms with Crippen LogP contribution in [0.5, 0.6) is 11.5 Å². The first-order valence-corrected chi connectivity index (χ1v) is 6.79. The second kappa shape index (κ2) is 6.50. The van der Waals surface area contributed by atoms with Crippen LogP contribution in [0.25, 0.3) is 0 Å². The largest absolute Gasteiger partial charge is 0.497 e. The van der Waals surface area contributed by atoms with E-state index in [0.29, 0.717) is 0 Å². The minimum atomic E-state index is -0.638. The topological polar surface area (TPSA) is 50.7 Å². The van der Waals surface area contributed by atoms with E-state index in [1.807, 2.05) is 55.5 Å². The standard InChI is InChI=1S/C17H21NO3/c1-17(12-19,15-6-4-5-7-16(15)21-3)18-13-8-10-14(20-2)11-9-13/h4-11,18-19H,12H2,1-3H3. The molecule has 2 aromatic rings. The van der Waals surface area contributed by atoms with Gasteiger partial charge in [0.25, 0.3) is 0 Å². The summed E-state index contributed by atoms with van der Waals surface area (Å²) in [5.74, 6) is 1.54. The normalized spacial score (nSPS) is 13.3. The van der Waals surface area contributed by atoms with Gasteiger partial charge in [-0.15, -0.1) is 0 Å². The SMILES string of the molecule is COc1ccc(NC(C)(CO)c2ccccc2OC)cc1. The van der Waals surface area contributed by atoms with Crippen molar-refractivity contribution in [1.82, 2.24) is 0 Å². The van der Waals surface area contributed by atoms with Crippen molar-refractivity contribution in [3.8, 4) is 11.5 Å². The van der Waals surface area contributed by atoms with Crippen molar-refractivity contribution in [3.05, 3.63) is 54.1 Å². The van der Waals surface area contributed by atoms with Crippen LogP contribution in [0.1, 0.15) is 12.5 Å². The molecule has 0 saturated carbocycles. The van der Waals surface area contributed by atoms with Crippen LogP contribution in [0.3, 0.4) is 0 Å². The number of benzene rings is 2. The van der Waals surface area contributed by atoms with Crippen LogP contribution in [0.2, 0.25) is 0 Å². The van der Waals surface area contributed by atoms with Crippen LogP contribution in [0.4, 0.5) is 5.69 Å². The van der Waals surface area contributed by atoms with Crippen molar-refractivity contribution >= 4 is 5.69 Å². The number of aliphatic hydroxyl groups excluding tert-OH is 1. The highest BCUT2D eigenvalue weighted by molar-refractivity contribution is 5.52. The van der Waals surface area contributed by atoms with E-state index >= 15 is 0 Å². The van der Waals surface area contributed by atoms with Crippen LogP contribution in [-0.4, -0.2) is 25.9 Å². The fourth-order valence-electron chi connectivity index (χ4n) is 2.29. The van der Waals surface area contributed by atoms with Crippen molar-refractivity contribution in [2.75, 3.05) is 26.1 Å². The number of hydrogen-bond acceptors (Lipinski definition) is 4. The average Bonchev–Trinajstić information content (AvgIpc) is 2.55. The molecule has 2 N–H and O–H groups in total. The van der Waals surface area contributed by atoms with Crippen LogP contribution < -0.4 is 14.8 Å². The second-order valence-corrected chi connectivity index (χ2v) is 5.04. The number of para-hydroxylation sites is 1. The van der Waals surface area contributed by atoms with E-state index in [4.69, 9.17) is 9.47 Å². The van der Waals surface area contributed by atoms with Gasteiger partial charge in [-0.1, -0.05) is 18.2 Å². The van der Waals surface area contributed by atoms with Gasteiger partial charge in [-0.25, -0.2) is 0 Å². The molecule has 1 atom stereocenters. The monoisotopic (exact) mass is 287 g/mol. The van der Waals surface area contributed by atoms with Gasteiger partial charge in [0.05, 0.1) is 26.4 Å². The Hall–Kier alpha value is -2.20. The zero-order valence-corrected chi connectivity index (χ0v) is 12.6. The Labute approximate surface area is 125 Å². The van der Waals surface area contributed by atoms with E-state index < -0.39 is 5.54 Å². The van der Waals surface area contributed by atoms with Gasteiger partial charge in [0.2, 0.25) is 0 Å². The number of methoxy groups -OCH3 is 2. The Morgan fingerprint density at radius 3 is 2.24 bits per heavy atom. The number of nitrogens with one attached hydrogen (secondary N) is 1. The lowest BCUT2D eigenvalue weighted by atomic mass is 9.91. The highest BCUT2D eigenvalue weighted by atomic mass is 16.5. The van der Waals surface area contributed by atoms with Gasteiger partial charge in [0, 0.05) is 11.3 Å². The quantitative estimate of drug-likeness (QED) is 0.857. The zero-order valence-electron chi connectivity index (χ0n) is 12.6. The predicted molar refractivity (Wildman–Crippen MR) is 84.0 cm³/mol. The molecule has 0 bridgehead atoms. The van der Waals surface area contributed by atoms with E-state index in [9.17, 15) is 5.11 Å². The Kier molecular flexibility index (Phi) is 4.70. The molecule has 4 heteroatoms. The fraction of sp³-hybridized carbons (Fsp3) is 0.294. The van der Waals surface area contributed by atoms with Gasteiger partial charge in [-0.2, -0.15) is 0 Å². The van der Waals surface area contributed by atoms with E-state index in [0.717, 1.165) is 22.7 Å². The maximum absolute atomic E-state index is 9.88. The zero-order chi connectivity index (χ0) is 15.3. The smallest absolute Gasteiger partial charge is 0.124 e. The number of ether oxygens (including phenoxy) is 2. The Morgan fingerprint density at radius 1 is 1.00 bits per heavy atom. The van der Waals surface area contributed by atoms with E-state index in [1.165, 1.54) is 0 Å². The fourth-order valence-corrected chi connectivity index (χ4v) is 2.29. The molecule has 0 aliphatic carbocycles. The van der Waals surface area contributed by atoms with Crippen LogP contribution in [-0.2, 0) is 5.54 Å². The molecule has 0 heterocycles. The molecule has 0 amide bonds. The lowest BCUT2D eigenvalue weighted by Crippen LogP contribution is -2.36. The van der Waals surface area contributed by atoms with Gasteiger partial charge >= 0.3 is 0 Å². The molecule has 1 unspecified atom stereocenters. The van der Waals surface area contributed by atoms with Crippen LogP contribution >= 0.6 is 0 Å². The summed E-state index contributed by atoms with van der Waals surface area (Å²) in [6.45, 7) is 1.88. The summed E-state index contributed by atoms with van der Waals surface area (Å²) in [5, 5.41) is 13.2. The summed E-state index contributed by atoms with van der Waals surface area (Å²) in [5.41, 5.74) is 1.17. The molecule has 4 nitrogen and oxygen atoms in total. The lowest BCUT2D eigenvalue weighted by Gasteiger charge is -2.31. The van der Waals surface area contributed by atoms with Crippen molar-refractivity contribution in [3.63, 3.8) is 0 Å². The van der Waals surface area contributed by atoms with Crippen molar-refractivity contribution < 1.29 is 14.6 Å². The molecule has 2 rings (SSSR count). The highest BCUT2D eigenvalue weighted by Crippen LogP contribution is 2.33. The summed E-state index contributed by atoms with van der Waals surface area (Å²) >= 11 is 0. The summed E-state index contributed by atoms with van der Waals surface area (Å²) in [6.07, 6.45) is 0. The van der Waals surface area contributed by atoms with Crippen LogP contribution in [0, 0.1) is 0 Å².